The first kappa shape index (κ1) is 29.3. The highest BCUT2D eigenvalue weighted by Gasteiger charge is 2.20. The second-order valence-corrected chi connectivity index (χ2v) is 10.6. The van der Waals surface area contributed by atoms with Gasteiger partial charge in [0, 0.05) is 43.3 Å². The van der Waals surface area contributed by atoms with E-state index in [9.17, 15) is 9.90 Å². The lowest BCUT2D eigenvalue weighted by atomic mass is 9.87. The molecular weight excluding hydrogens is 472 g/mol. The van der Waals surface area contributed by atoms with Crippen LogP contribution in [0.4, 0.5) is 5.69 Å². The lowest BCUT2D eigenvalue weighted by molar-refractivity contribution is 0.322. The van der Waals surface area contributed by atoms with Gasteiger partial charge in [-0.1, -0.05) is 53.7 Å². The highest BCUT2D eigenvalue weighted by molar-refractivity contribution is 5.75. The number of aliphatic hydroxyl groups is 1. The Labute approximate surface area is 228 Å². The van der Waals surface area contributed by atoms with Gasteiger partial charge in [-0.15, -0.1) is 0 Å². The van der Waals surface area contributed by atoms with Crippen LogP contribution in [0, 0.1) is 17.8 Å². The van der Waals surface area contributed by atoms with E-state index in [-0.39, 0.29) is 11.3 Å². The number of hydrogen-bond acceptors (Lipinski definition) is 5. The van der Waals surface area contributed by atoms with Gasteiger partial charge in [0.25, 0.3) is 5.56 Å². The summed E-state index contributed by atoms with van der Waals surface area (Å²) >= 11 is 0. The maximum atomic E-state index is 13.2. The first-order valence-electron chi connectivity index (χ1n) is 14.2. The average Bonchev–Trinajstić information content (AvgIpc) is 2.92. The Hall–Kier alpha value is -3.28. The smallest absolute Gasteiger partial charge is 0.258 e. The SMILES string of the molecule is C=C1C(O)=CC(c2cc(=O)n3cc(N4CCCC(C)C(C)CC4)ccc3n2)=CN1/C=C(/C)C(C)CC.CC. The van der Waals surface area contributed by atoms with Crippen molar-refractivity contribution in [2.45, 2.75) is 74.1 Å². The van der Waals surface area contributed by atoms with Crippen LogP contribution in [0.5, 0.6) is 0 Å². The number of aliphatic hydroxyl groups excluding tert-OH is 1. The van der Waals surface area contributed by atoms with Crippen molar-refractivity contribution in [2.24, 2.45) is 17.8 Å². The van der Waals surface area contributed by atoms with Crippen LogP contribution in [0.15, 0.2) is 71.3 Å². The number of rotatable bonds is 5. The van der Waals surface area contributed by atoms with Gasteiger partial charge in [-0.05, 0) is 68.6 Å². The summed E-state index contributed by atoms with van der Waals surface area (Å²) in [5.74, 6) is 1.95. The van der Waals surface area contributed by atoms with E-state index in [4.69, 9.17) is 4.98 Å². The minimum Gasteiger partial charge on any atom is -0.506 e. The molecule has 1 saturated heterocycles. The molecular formula is C32H46N4O2. The van der Waals surface area contributed by atoms with Crippen molar-refractivity contribution in [1.82, 2.24) is 14.3 Å². The standard InChI is InChI=1S/C30H40N4O2.C2H6/c1-7-20(2)23(5)17-33-18-25(15-28(35)24(33)6)27-16-30(36)34-19-26(10-11-29(34)31-27)32-13-8-9-21(3)22(4)12-14-32;1-2/h10-11,15-22,35H,6-9,12-14H2,1-5H3;1-2H3/b23-17-;. The molecule has 3 atom stereocenters. The van der Waals surface area contributed by atoms with Crippen LogP contribution < -0.4 is 10.5 Å². The topological polar surface area (TPSA) is 61.1 Å². The molecule has 2 aromatic rings. The van der Waals surface area contributed by atoms with Crippen molar-refractivity contribution in [1.29, 1.82) is 0 Å². The quantitative estimate of drug-likeness (QED) is 0.443. The van der Waals surface area contributed by atoms with Crippen molar-refractivity contribution < 1.29 is 5.11 Å². The molecule has 2 aliphatic heterocycles. The number of hydrogen-bond donors (Lipinski definition) is 1. The number of anilines is 1. The zero-order valence-electron chi connectivity index (χ0n) is 24.4. The molecule has 6 nitrogen and oxygen atoms in total. The molecule has 2 aliphatic rings. The van der Waals surface area contributed by atoms with Crippen molar-refractivity contribution in [3.63, 3.8) is 0 Å². The molecule has 0 aromatic carbocycles. The van der Waals surface area contributed by atoms with Crippen molar-refractivity contribution in [2.75, 3.05) is 18.0 Å². The van der Waals surface area contributed by atoms with Crippen LogP contribution in [-0.2, 0) is 0 Å². The zero-order chi connectivity index (χ0) is 28.0. The van der Waals surface area contributed by atoms with E-state index in [1.807, 2.05) is 43.4 Å². The summed E-state index contributed by atoms with van der Waals surface area (Å²) in [6, 6.07) is 5.53. The molecule has 1 fully saturated rings. The first-order chi connectivity index (χ1) is 18.2. The Morgan fingerprint density at radius 2 is 1.92 bits per heavy atom. The van der Waals surface area contributed by atoms with Gasteiger partial charge in [0.2, 0.25) is 0 Å². The Kier molecular flexibility index (Phi) is 10.0. The Bertz CT molecular complexity index is 1290. The summed E-state index contributed by atoms with van der Waals surface area (Å²) in [5.41, 5.74) is 4.40. The molecule has 3 unspecified atom stereocenters. The van der Waals surface area contributed by atoms with Crippen LogP contribution >= 0.6 is 0 Å². The van der Waals surface area contributed by atoms with Crippen LogP contribution in [0.25, 0.3) is 11.2 Å². The Morgan fingerprint density at radius 3 is 2.63 bits per heavy atom. The van der Waals surface area contributed by atoms with E-state index in [1.54, 1.807) is 16.5 Å². The summed E-state index contributed by atoms with van der Waals surface area (Å²) in [6.07, 6.45) is 12.0. The molecule has 1 N–H and O–H groups in total. The predicted molar refractivity (Wildman–Crippen MR) is 160 cm³/mol. The summed E-state index contributed by atoms with van der Waals surface area (Å²) in [5, 5.41) is 10.6. The molecule has 2 aromatic heterocycles. The zero-order valence-corrected chi connectivity index (χ0v) is 24.4. The molecule has 6 heteroatoms. The number of fused-ring (bicyclic) bond motifs is 1. The maximum absolute atomic E-state index is 13.2. The second kappa shape index (κ2) is 13.0. The van der Waals surface area contributed by atoms with Crippen LogP contribution in [-0.4, -0.2) is 32.5 Å². The van der Waals surface area contributed by atoms with Crippen molar-refractivity contribution in [3.8, 4) is 0 Å². The van der Waals surface area contributed by atoms with Gasteiger partial charge in [0.05, 0.1) is 17.1 Å². The molecule has 38 heavy (non-hydrogen) atoms. The van der Waals surface area contributed by atoms with Crippen molar-refractivity contribution >= 4 is 16.9 Å². The lowest BCUT2D eigenvalue weighted by Crippen LogP contribution is -2.31. The Morgan fingerprint density at radius 1 is 1.21 bits per heavy atom. The summed E-state index contributed by atoms with van der Waals surface area (Å²) < 4.78 is 1.63. The molecule has 0 bridgehead atoms. The van der Waals surface area contributed by atoms with Crippen LogP contribution in [0.2, 0.25) is 0 Å². The van der Waals surface area contributed by atoms with Gasteiger partial charge in [-0.2, -0.15) is 0 Å². The summed E-state index contributed by atoms with van der Waals surface area (Å²) in [6.45, 7) is 21.1. The normalized spacial score (nSPS) is 21.7. The number of allylic oxidation sites excluding steroid dienone is 3. The maximum Gasteiger partial charge on any atom is 0.258 e. The van der Waals surface area contributed by atoms with E-state index in [1.165, 1.54) is 12.0 Å². The van der Waals surface area contributed by atoms with E-state index >= 15 is 0 Å². The van der Waals surface area contributed by atoms with E-state index in [0.717, 1.165) is 44.0 Å². The second-order valence-electron chi connectivity index (χ2n) is 10.6. The van der Waals surface area contributed by atoms with Crippen LogP contribution in [0.3, 0.4) is 0 Å². The third-order valence-corrected chi connectivity index (χ3v) is 8.13. The minimum absolute atomic E-state index is 0.0682. The minimum atomic E-state index is -0.137. The fourth-order valence-corrected chi connectivity index (χ4v) is 4.88. The molecule has 0 aliphatic carbocycles. The third-order valence-electron chi connectivity index (χ3n) is 8.13. The lowest BCUT2D eigenvalue weighted by Gasteiger charge is -2.32. The number of nitrogens with zero attached hydrogens (tertiary/aromatic N) is 4. The Balaban J connectivity index is 0.00000195. The number of pyridine rings is 1. The van der Waals surface area contributed by atoms with Gasteiger partial charge in [-0.25, -0.2) is 4.98 Å². The fraction of sp³-hybridized carbons (Fsp3) is 0.500. The summed E-state index contributed by atoms with van der Waals surface area (Å²) in [4.78, 5) is 22.2. The molecule has 4 rings (SSSR count). The number of aromatic nitrogens is 2. The third kappa shape index (κ3) is 6.58. The largest absolute Gasteiger partial charge is 0.506 e. The predicted octanol–water partition coefficient (Wildman–Crippen LogP) is 7.55. The van der Waals surface area contributed by atoms with Gasteiger partial charge >= 0.3 is 0 Å². The van der Waals surface area contributed by atoms with Gasteiger partial charge in [0.15, 0.2) is 0 Å². The van der Waals surface area contributed by atoms with E-state index in [0.29, 0.717) is 34.4 Å². The highest BCUT2D eigenvalue weighted by Crippen LogP contribution is 2.29. The van der Waals surface area contributed by atoms with Gasteiger partial charge in [-0.3, -0.25) is 9.20 Å². The molecule has 4 heterocycles. The van der Waals surface area contributed by atoms with Crippen LogP contribution in [0.1, 0.15) is 79.8 Å². The molecule has 0 radical (unpaired) electrons. The van der Waals surface area contributed by atoms with E-state index in [2.05, 4.69) is 52.2 Å². The fourth-order valence-electron chi connectivity index (χ4n) is 4.88. The van der Waals surface area contributed by atoms with Gasteiger partial charge in [0.1, 0.15) is 11.4 Å². The first-order valence-corrected chi connectivity index (χ1v) is 14.2. The molecule has 0 amide bonds. The van der Waals surface area contributed by atoms with E-state index < -0.39 is 0 Å². The van der Waals surface area contributed by atoms with Gasteiger partial charge < -0.3 is 14.9 Å². The summed E-state index contributed by atoms with van der Waals surface area (Å²) in [7, 11) is 0. The molecule has 0 saturated carbocycles. The average molecular weight is 519 g/mol. The molecule has 0 spiro atoms. The highest BCUT2D eigenvalue weighted by atomic mass is 16.3. The van der Waals surface area contributed by atoms with Crippen molar-refractivity contribution in [3.05, 3.63) is 82.5 Å². The monoisotopic (exact) mass is 518 g/mol. The molecule has 206 valence electrons.